The van der Waals surface area contributed by atoms with E-state index in [-0.39, 0.29) is 11.5 Å². The van der Waals surface area contributed by atoms with Crippen molar-refractivity contribution in [3.05, 3.63) is 89.4 Å². The highest BCUT2D eigenvalue weighted by Crippen LogP contribution is 2.61. The molecule has 0 radical (unpaired) electrons. The van der Waals surface area contributed by atoms with Gasteiger partial charge >= 0.3 is 0 Å². The Morgan fingerprint density at radius 1 is 0.868 bits per heavy atom. The van der Waals surface area contributed by atoms with Crippen molar-refractivity contribution in [3.8, 4) is 0 Å². The van der Waals surface area contributed by atoms with E-state index in [1.165, 1.54) is 55.2 Å². The minimum Gasteiger partial charge on any atom is -0.391 e. The van der Waals surface area contributed by atoms with Crippen molar-refractivity contribution >= 4 is 5.82 Å². The molecular weight excluding hydrogens is 468 g/mol. The van der Waals surface area contributed by atoms with E-state index in [9.17, 15) is 5.11 Å². The number of hydrogen-bond donors (Lipinski definition) is 2. The average molecular weight is 509 g/mol. The van der Waals surface area contributed by atoms with Crippen molar-refractivity contribution < 1.29 is 5.11 Å². The summed E-state index contributed by atoms with van der Waals surface area (Å²) in [6.45, 7) is 3.39. The van der Waals surface area contributed by atoms with E-state index in [2.05, 4.69) is 75.9 Å². The minimum absolute atomic E-state index is 0.134. The van der Waals surface area contributed by atoms with Gasteiger partial charge in [0.1, 0.15) is 12.1 Å². The fourth-order valence-corrected chi connectivity index (χ4v) is 8.74. The minimum atomic E-state index is -0.292. The van der Waals surface area contributed by atoms with Gasteiger partial charge in [-0.25, -0.2) is 9.97 Å². The molecule has 0 saturated heterocycles. The number of rotatable bonds is 8. The van der Waals surface area contributed by atoms with Crippen molar-refractivity contribution in [2.24, 2.45) is 23.2 Å². The Morgan fingerprint density at radius 2 is 1.47 bits per heavy atom. The standard InChI is InChI=1S/C33H40N4O/c38-31(33-16-23-13-24(17-33)15-25(14-23)18-33)19-34-32-28-11-12-37(21-30(28)35-22-36-32)20-29(26-7-3-1-4-8-26)27-9-5-2-6-10-27/h1-10,22-25,29,31,38H,11-21H2,(H,34,35,36). The van der Waals surface area contributed by atoms with Gasteiger partial charge in [-0.3, -0.25) is 4.90 Å². The summed E-state index contributed by atoms with van der Waals surface area (Å²) in [5, 5.41) is 15.0. The number of anilines is 1. The third kappa shape index (κ3) is 4.65. The first-order valence-electron chi connectivity index (χ1n) is 14.7. The maximum absolute atomic E-state index is 11.4. The molecule has 4 bridgehead atoms. The molecule has 4 fully saturated rings. The zero-order chi connectivity index (χ0) is 25.5. The van der Waals surface area contributed by atoms with Crippen LogP contribution >= 0.6 is 0 Å². The molecule has 198 valence electrons. The van der Waals surface area contributed by atoms with E-state index in [0.717, 1.165) is 55.3 Å². The van der Waals surface area contributed by atoms with Crippen molar-refractivity contribution in [1.82, 2.24) is 14.9 Å². The largest absolute Gasteiger partial charge is 0.391 e. The Kier molecular flexibility index (Phi) is 6.45. The summed E-state index contributed by atoms with van der Waals surface area (Å²) in [6, 6.07) is 21.7. The predicted octanol–water partition coefficient (Wildman–Crippen LogP) is 5.66. The van der Waals surface area contributed by atoms with E-state index in [1.807, 2.05) is 0 Å². The van der Waals surface area contributed by atoms with Crippen molar-refractivity contribution in [2.45, 2.75) is 63.5 Å². The lowest BCUT2D eigenvalue weighted by Crippen LogP contribution is -2.53. The number of aromatic nitrogens is 2. The second-order valence-electron chi connectivity index (χ2n) is 12.7. The lowest BCUT2D eigenvalue weighted by Gasteiger charge is -2.58. The maximum atomic E-state index is 11.4. The average Bonchev–Trinajstić information content (AvgIpc) is 2.94. The monoisotopic (exact) mass is 508 g/mol. The first-order valence-corrected chi connectivity index (χ1v) is 14.7. The van der Waals surface area contributed by atoms with Gasteiger partial charge in [0.2, 0.25) is 0 Å². The molecule has 0 spiro atoms. The molecule has 5 nitrogen and oxygen atoms in total. The van der Waals surface area contributed by atoms with Crippen LogP contribution in [0.4, 0.5) is 5.82 Å². The summed E-state index contributed by atoms with van der Waals surface area (Å²) in [5.74, 6) is 3.81. The Morgan fingerprint density at radius 3 is 2.08 bits per heavy atom. The van der Waals surface area contributed by atoms with Gasteiger partial charge < -0.3 is 10.4 Å². The van der Waals surface area contributed by atoms with E-state index in [1.54, 1.807) is 6.33 Å². The van der Waals surface area contributed by atoms with E-state index >= 15 is 0 Å². The van der Waals surface area contributed by atoms with Crippen LogP contribution in [0.2, 0.25) is 0 Å². The molecule has 1 unspecified atom stereocenters. The molecule has 2 N–H and O–H groups in total. The topological polar surface area (TPSA) is 61.3 Å². The Labute approximate surface area is 226 Å². The van der Waals surface area contributed by atoms with Crippen LogP contribution in [-0.2, 0) is 13.0 Å². The van der Waals surface area contributed by atoms with Crippen LogP contribution in [0.5, 0.6) is 0 Å². The predicted molar refractivity (Wildman–Crippen MR) is 151 cm³/mol. The number of aliphatic hydroxyl groups is 1. The fraction of sp³-hybridized carbons (Fsp3) is 0.515. The lowest BCUT2D eigenvalue weighted by atomic mass is 9.48. The van der Waals surface area contributed by atoms with Gasteiger partial charge in [-0.05, 0) is 79.2 Å². The molecule has 3 aromatic rings. The van der Waals surface area contributed by atoms with Gasteiger partial charge in [0.05, 0.1) is 11.8 Å². The third-order valence-corrected chi connectivity index (χ3v) is 10.2. The Balaban J connectivity index is 1.04. The van der Waals surface area contributed by atoms with Gasteiger partial charge in [-0.15, -0.1) is 0 Å². The van der Waals surface area contributed by atoms with Crippen LogP contribution in [0, 0.1) is 23.2 Å². The molecule has 1 aliphatic heterocycles. The van der Waals surface area contributed by atoms with Crippen LogP contribution in [0.3, 0.4) is 0 Å². The van der Waals surface area contributed by atoms with Gasteiger partial charge in [-0.1, -0.05) is 60.7 Å². The summed E-state index contributed by atoms with van der Waals surface area (Å²) >= 11 is 0. The smallest absolute Gasteiger partial charge is 0.133 e. The molecule has 1 atom stereocenters. The number of nitrogens with one attached hydrogen (secondary N) is 1. The molecule has 38 heavy (non-hydrogen) atoms. The van der Waals surface area contributed by atoms with Gasteiger partial charge in [0, 0.05) is 37.7 Å². The van der Waals surface area contributed by atoms with Gasteiger partial charge in [-0.2, -0.15) is 0 Å². The zero-order valence-corrected chi connectivity index (χ0v) is 22.3. The van der Waals surface area contributed by atoms with Crippen molar-refractivity contribution in [1.29, 1.82) is 0 Å². The molecule has 0 amide bonds. The van der Waals surface area contributed by atoms with E-state index in [0.29, 0.717) is 12.5 Å². The molecular formula is C33H40N4O. The molecule has 4 aliphatic carbocycles. The first kappa shape index (κ1) is 24.3. The van der Waals surface area contributed by atoms with E-state index in [4.69, 9.17) is 4.98 Å². The number of benzene rings is 2. The van der Waals surface area contributed by atoms with Crippen LogP contribution in [0.25, 0.3) is 0 Å². The molecule has 1 aromatic heterocycles. The molecule has 2 heterocycles. The maximum Gasteiger partial charge on any atom is 0.133 e. The highest BCUT2D eigenvalue weighted by molar-refractivity contribution is 5.47. The highest BCUT2D eigenvalue weighted by Gasteiger charge is 2.53. The molecule has 2 aromatic carbocycles. The summed E-state index contributed by atoms with van der Waals surface area (Å²) in [4.78, 5) is 11.9. The molecule has 8 rings (SSSR count). The second kappa shape index (κ2) is 10.1. The van der Waals surface area contributed by atoms with E-state index < -0.39 is 0 Å². The SMILES string of the molecule is OC(CNc1ncnc2c1CCN(CC(c1ccccc1)c1ccccc1)C2)C12CC3CC(CC(C3)C1)C2. The molecule has 4 saturated carbocycles. The zero-order valence-electron chi connectivity index (χ0n) is 22.3. The second-order valence-corrected chi connectivity index (χ2v) is 12.7. The Bertz CT molecular complexity index is 1170. The first-order chi connectivity index (χ1) is 18.6. The van der Waals surface area contributed by atoms with Crippen LogP contribution in [-0.4, -0.2) is 45.7 Å². The van der Waals surface area contributed by atoms with Crippen molar-refractivity contribution in [2.75, 3.05) is 25.0 Å². The number of fused-ring (bicyclic) bond motifs is 1. The number of hydrogen-bond acceptors (Lipinski definition) is 5. The fourth-order valence-electron chi connectivity index (χ4n) is 8.74. The normalized spacial score (nSPS) is 28.8. The number of nitrogens with zero attached hydrogens (tertiary/aromatic N) is 3. The summed E-state index contributed by atoms with van der Waals surface area (Å²) in [6.07, 6.45) is 10.2. The molecule has 5 heteroatoms. The summed E-state index contributed by atoms with van der Waals surface area (Å²) < 4.78 is 0. The van der Waals surface area contributed by atoms with Gasteiger partial charge in [0.15, 0.2) is 0 Å². The number of aliphatic hydroxyl groups excluding tert-OH is 1. The Hall–Kier alpha value is -2.76. The lowest BCUT2D eigenvalue weighted by molar-refractivity contribution is -0.115. The molecule has 5 aliphatic rings. The van der Waals surface area contributed by atoms with Crippen LogP contribution < -0.4 is 5.32 Å². The summed E-state index contributed by atoms with van der Waals surface area (Å²) in [5.41, 5.74) is 5.20. The highest BCUT2D eigenvalue weighted by atomic mass is 16.3. The van der Waals surface area contributed by atoms with Crippen LogP contribution in [0.1, 0.15) is 66.8 Å². The third-order valence-electron chi connectivity index (χ3n) is 10.2. The van der Waals surface area contributed by atoms with Gasteiger partial charge in [0.25, 0.3) is 0 Å². The van der Waals surface area contributed by atoms with Crippen molar-refractivity contribution in [3.63, 3.8) is 0 Å². The van der Waals surface area contributed by atoms with Crippen LogP contribution in [0.15, 0.2) is 67.0 Å². The quantitative estimate of drug-likeness (QED) is 0.411. The summed E-state index contributed by atoms with van der Waals surface area (Å²) in [7, 11) is 0.